The highest BCUT2D eigenvalue weighted by molar-refractivity contribution is 7.92. The van der Waals surface area contributed by atoms with Crippen molar-refractivity contribution in [3.8, 4) is 0 Å². The predicted octanol–water partition coefficient (Wildman–Crippen LogP) is 3.49. The van der Waals surface area contributed by atoms with E-state index in [1.165, 1.54) is 12.1 Å². The lowest BCUT2D eigenvalue weighted by Gasteiger charge is -2.15. The number of rotatable bonds is 6. The molecule has 1 saturated heterocycles. The zero-order chi connectivity index (χ0) is 22.2. The molecule has 31 heavy (non-hydrogen) atoms. The molecule has 1 N–H and O–H groups in total. The molecule has 1 aromatic heterocycles. The van der Waals surface area contributed by atoms with E-state index >= 15 is 0 Å². The van der Waals surface area contributed by atoms with Gasteiger partial charge in [0.25, 0.3) is 10.0 Å². The number of sulfonamides is 1. The van der Waals surface area contributed by atoms with Crippen LogP contribution in [-0.4, -0.2) is 36.9 Å². The van der Waals surface area contributed by atoms with E-state index in [0.717, 1.165) is 48.4 Å². The number of likely N-dealkylation sites (tertiary alicyclic amines) is 1. The van der Waals surface area contributed by atoms with Crippen LogP contribution in [0.5, 0.6) is 0 Å². The third kappa shape index (κ3) is 4.52. The number of benzene rings is 2. The van der Waals surface area contributed by atoms with Gasteiger partial charge in [0.05, 0.1) is 20.8 Å². The van der Waals surface area contributed by atoms with Crippen LogP contribution in [0.4, 0.5) is 5.69 Å². The number of hydrogen-bond donors (Lipinski definition) is 1. The molecule has 1 amide bonds. The fourth-order valence-corrected chi connectivity index (χ4v) is 5.99. The number of carbonyl (C=O) groups is 1. The van der Waals surface area contributed by atoms with Crippen molar-refractivity contribution in [1.82, 2.24) is 9.47 Å². The molecule has 7 nitrogen and oxygen atoms in total. The van der Waals surface area contributed by atoms with Crippen molar-refractivity contribution >= 4 is 43.2 Å². The molecule has 0 atom stereocenters. The fraction of sp³-hybridized carbons (Fsp3) is 0.364. The number of carbonyl (C=O) groups excluding carboxylic acids is 1. The number of hydrogen-bond acceptors (Lipinski definition) is 5. The topological polar surface area (TPSA) is 88.5 Å². The molecule has 0 aliphatic carbocycles. The highest BCUT2D eigenvalue weighted by Crippen LogP contribution is 2.25. The van der Waals surface area contributed by atoms with Gasteiger partial charge in [-0.05, 0) is 62.1 Å². The molecule has 0 spiro atoms. The smallest absolute Gasteiger partial charge is 0.308 e. The summed E-state index contributed by atoms with van der Waals surface area (Å²) in [5.41, 5.74) is 2.97. The van der Waals surface area contributed by atoms with Gasteiger partial charge in [0.1, 0.15) is 0 Å². The maximum Gasteiger partial charge on any atom is 0.308 e. The van der Waals surface area contributed by atoms with Crippen LogP contribution in [0.15, 0.2) is 46.1 Å². The minimum atomic E-state index is -3.80. The number of aryl methyl sites for hydroxylation is 3. The van der Waals surface area contributed by atoms with Gasteiger partial charge in [-0.25, -0.2) is 8.42 Å². The van der Waals surface area contributed by atoms with Crippen LogP contribution in [-0.2, 0) is 21.4 Å². The summed E-state index contributed by atoms with van der Waals surface area (Å²) in [5.74, 6) is 0.0562. The van der Waals surface area contributed by atoms with E-state index in [1.54, 1.807) is 16.7 Å². The van der Waals surface area contributed by atoms with E-state index in [1.807, 2.05) is 30.9 Å². The van der Waals surface area contributed by atoms with Crippen LogP contribution in [0.25, 0.3) is 10.2 Å². The Morgan fingerprint density at radius 2 is 1.84 bits per heavy atom. The molecule has 0 bridgehead atoms. The molecule has 4 rings (SSSR count). The Hall–Kier alpha value is -2.65. The van der Waals surface area contributed by atoms with Gasteiger partial charge >= 0.3 is 4.87 Å². The lowest BCUT2D eigenvalue weighted by atomic mass is 10.1. The van der Waals surface area contributed by atoms with Crippen LogP contribution in [0.1, 0.15) is 30.4 Å². The van der Waals surface area contributed by atoms with E-state index in [9.17, 15) is 18.0 Å². The van der Waals surface area contributed by atoms with Crippen LogP contribution < -0.4 is 9.60 Å². The molecule has 1 aliphatic rings. The van der Waals surface area contributed by atoms with Crippen molar-refractivity contribution in [3.63, 3.8) is 0 Å². The van der Waals surface area contributed by atoms with E-state index in [0.29, 0.717) is 22.4 Å². The van der Waals surface area contributed by atoms with Gasteiger partial charge in [-0.1, -0.05) is 23.5 Å². The summed E-state index contributed by atoms with van der Waals surface area (Å²) in [6.45, 7) is 5.61. The lowest BCUT2D eigenvalue weighted by Crippen LogP contribution is -2.29. The van der Waals surface area contributed by atoms with Crippen LogP contribution in [0.3, 0.4) is 0 Å². The van der Waals surface area contributed by atoms with E-state index in [-0.39, 0.29) is 22.1 Å². The molecule has 3 aromatic rings. The average Bonchev–Trinajstić information content (AvgIpc) is 3.36. The van der Waals surface area contributed by atoms with Crippen molar-refractivity contribution in [3.05, 3.63) is 57.2 Å². The average molecular weight is 460 g/mol. The maximum atomic E-state index is 12.9. The first-order chi connectivity index (χ1) is 14.7. The van der Waals surface area contributed by atoms with Crippen molar-refractivity contribution < 1.29 is 13.2 Å². The van der Waals surface area contributed by atoms with Crippen LogP contribution in [0, 0.1) is 13.8 Å². The Labute approximate surface area is 185 Å². The molecule has 2 aromatic carbocycles. The minimum Gasteiger partial charge on any atom is -0.343 e. The largest absolute Gasteiger partial charge is 0.343 e. The molecule has 1 aliphatic heterocycles. The first-order valence-electron chi connectivity index (χ1n) is 10.3. The Balaban J connectivity index is 1.57. The summed E-state index contributed by atoms with van der Waals surface area (Å²) < 4.78 is 30.6. The van der Waals surface area contributed by atoms with Crippen molar-refractivity contribution in [2.75, 3.05) is 17.8 Å². The van der Waals surface area contributed by atoms with Gasteiger partial charge in [0.15, 0.2) is 0 Å². The van der Waals surface area contributed by atoms with E-state index in [4.69, 9.17) is 0 Å². The normalized spacial score (nSPS) is 14.3. The van der Waals surface area contributed by atoms with Crippen LogP contribution in [0.2, 0.25) is 0 Å². The highest BCUT2D eigenvalue weighted by Gasteiger charge is 2.20. The minimum absolute atomic E-state index is 0.0562. The number of fused-ring (bicyclic) bond motifs is 1. The van der Waals surface area contributed by atoms with Crippen molar-refractivity contribution in [1.29, 1.82) is 0 Å². The van der Waals surface area contributed by atoms with Gasteiger partial charge in [0, 0.05) is 26.1 Å². The molecular weight excluding hydrogens is 434 g/mol. The SMILES string of the molecule is Cc1ccc(C)c(NS(=O)(=O)c2ccc3c(c2)sc(=O)n3CCC(=O)N2CCCC2)c1. The summed E-state index contributed by atoms with van der Waals surface area (Å²) in [6, 6.07) is 10.2. The van der Waals surface area contributed by atoms with Gasteiger partial charge < -0.3 is 4.90 Å². The summed E-state index contributed by atoms with van der Waals surface area (Å²) in [6.07, 6.45) is 2.32. The Kier molecular flexibility index (Phi) is 5.90. The molecule has 2 heterocycles. The van der Waals surface area contributed by atoms with E-state index < -0.39 is 10.0 Å². The second kappa shape index (κ2) is 8.47. The summed E-state index contributed by atoms with van der Waals surface area (Å²) in [5, 5.41) is 0. The maximum absolute atomic E-state index is 12.9. The first-order valence-corrected chi connectivity index (χ1v) is 12.6. The van der Waals surface area contributed by atoms with Crippen LogP contribution >= 0.6 is 11.3 Å². The number of nitrogens with one attached hydrogen (secondary N) is 1. The number of anilines is 1. The zero-order valence-electron chi connectivity index (χ0n) is 17.6. The molecule has 0 unspecified atom stereocenters. The van der Waals surface area contributed by atoms with Crippen molar-refractivity contribution in [2.45, 2.75) is 44.6 Å². The number of amides is 1. The molecule has 0 saturated carbocycles. The molecule has 9 heteroatoms. The highest BCUT2D eigenvalue weighted by atomic mass is 32.2. The second-order valence-electron chi connectivity index (χ2n) is 7.91. The first kappa shape index (κ1) is 21.6. The lowest BCUT2D eigenvalue weighted by molar-refractivity contribution is -0.130. The Morgan fingerprint density at radius 3 is 2.58 bits per heavy atom. The monoisotopic (exact) mass is 459 g/mol. The Morgan fingerprint density at radius 1 is 1.10 bits per heavy atom. The summed E-state index contributed by atoms with van der Waals surface area (Å²) >= 11 is 0.995. The zero-order valence-corrected chi connectivity index (χ0v) is 19.2. The fourth-order valence-electron chi connectivity index (χ4n) is 3.81. The summed E-state index contributed by atoms with van der Waals surface area (Å²) in [7, 11) is -3.80. The number of thiazole rings is 1. The number of nitrogens with zero attached hydrogens (tertiary/aromatic N) is 2. The van der Waals surface area contributed by atoms with Crippen molar-refractivity contribution in [2.24, 2.45) is 0 Å². The van der Waals surface area contributed by atoms with E-state index in [2.05, 4.69) is 4.72 Å². The van der Waals surface area contributed by atoms with Gasteiger partial charge in [-0.3, -0.25) is 18.9 Å². The number of aromatic nitrogens is 1. The van der Waals surface area contributed by atoms with Gasteiger partial charge in [-0.2, -0.15) is 0 Å². The third-order valence-electron chi connectivity index (χ3n) is 5.60. The molecule has 0 radical (unpaired) electrons. The predicted molar refractivity (Wildman–Crippen MR) is 123 cm³/mol. The quantitative estimate of drug-likeness (QED) is 0.611. The molecular formula is C22H25N3O4S2. The van der Waals surface area contributed by atoms with Gasteiger partial charge in [0.2, 0.25) is 5.91 Å². The molecule has 1 fully saturated rings. The van der Waals surface area contributed by atoms with Gasteiger partial charge in [-0.15, -0.1) is 0 Å². The summed E-state index contributed by atoms with van der Waals surface area (Å²) in [4.78, 5) is 26.6. The second-order valence-corrected chi connectivity index (χ2v) is 10.6. The Bertz CT molecular complexity index is 1300. The molecule has 164 valence electrons. The standard InChI is InChI=1S/C22H25N3O4S2/c1-15-5-6-16(2)18(13-15)23-31(28,29)17-7-8-19-20(14-17)30-22(27)25(19)12-9-21(26)24-10-3-4-11-24/h5-8,13-14,23H,3-4,9-12H2,1-2H3. The third-order valence-corrected chi connectivity index (χ3v) is 7.90.